The van der Waals surface area contributed by atoms with Gasteiger partial charge in [-0.3, -0.25) is 9.89 Å². The first-order chi connectivity index (χ1) is 13.2. The van der Waals surface area contributed by atoms with Crippen molar-refractivity contribution in [2.45, 2.75) is 25.3 Å². The van der Waals surface area contributed by atoms with Crippen LogP contribution in [-0.4, -0.2) is 81.1 Å². The second kappa shape index (κ2) is 11.8. The van der Waals surface area contributed by atoms with E-state index >= 15 is 0 Å². The molecule has 1 atom stereocenters. The molecule has 27 heavy (non-hydrogen) atoms. The van der Waals surface area contributed by atoms with Crippen LogP contribution in [0.3, 0.4) is 0 Å². The van der Waals surface area contributed by atoms with Gasteiger partial charge in [0.25, 0.3) is 0 Å². The van der Waals surface area contributed by atoms with E-state index in [9.17, 15) is 0 Å². The monoisotopic (exact) mass is 371 g/mol. The third kappa shape index (κ3) is 7.00. The molecule has 0 aromatic heterocycles. The Morgan fingerprint density at radius 2 is 2.07 bits per heavy atom. The Morgan fingerprint density at radius 3 is 2.78 bits per heavy atom. The number of aliphatic imine (C=N–C) groups is 1. The molecule has 1 saturated heterocycles. The van der Waals surface area contributed by atoms with Gasteiger partial charge in [-0.25, -0.2) is 0 Å². The fourth-order valence-electron chi connectivity index (χ4n) is 3.66. The van der Waals surface area contributed by atoms with Gasteiger partial charge in [0, 0.05) is 59.4 Å². The Balaban J connectivity index is 1.79. The molecular formula is C22H37N5. The molecular weight excluding hydrogens is 334 g/mol. The first-order valence-electron chi connectivity index (χ1n) is 10.2. The molecule has 1 N–H and O–H groups in total. The molecule has 5 heteroatoms. The van der Waals surface area contributed by atoms with Gasteiger partial charge in [-0.1, -0.05) is 36.4 Å². The van der Waals surface area contributed by atoms with Crippen molar-refractivity contribution in [1.82, 2.24) is 20.0 Å². The summed E-state index contributed by atoms with van der Waals surface area (Å²) < 4.78 is 0. The van der Waals surface area contributed by atoms with E-state index in [4.69, 9.17) is 0 Å². The number of rotatable bonds is 9. The van der Waals surface area contributed by atoms with Crippen LogP contribution in [0.5, 0.6) is 0 Å². The van der Waals surface area contributed by atoms with Gasteiger partial charge in [-0.15, -0.1) is 6.58 Å². The second-order valence-corrected chi connectivity index (χ2v) is 7.40. The molecule has 1 aromatic carbocycles. The van der Waals surface area contributed by atoms with E-state index in [1.807, 2.05) is 13.1 Å². The number of piperazine rings is 1. The molecule has 0 saturated carbocycles. The van der Waals surface area contributed by atoms with E-state index in [0.717, 1.165) is 64.5 Å². The largest absolute Gasteiger partial charge is 0.356 e. The molecule has 1 fully saturated rings. The highest BCUT2D eigenvalue weighted by Gasteiger charge is 2.25. The number of allylic oxidation sites excluding steroid dienone is 1. The minimum Gasteiger partial charge on any atom is -0.356 e. The van der Waals surface area contributed by atoms with E-state index in [1.165, 1.54) is 5.56 Å². The molecule has 150 valence electrons. The van der Waals surface area contributed by atoms with Crippen molar-refractivity contribution >= 4 is 5.96 Å². The quantitative estimate of drug-likeness (QED) is 0.313. The lowest BCUT2D eigenvalue weighted by Gasteiger charge is -2.40. The molecule has 2 rings (SSSR count). The minimum absolute atomic E-state index is 0.492. The summed E-state index contributed by atoms with van der Waals surface area (Å²) in [7, 11) is 6.18. The van der Waals surface area contributed by atoms with Crippen molar-refractivity contribution in [2.24, 2.45) is 4.99 Å². The van der Waals surface area contributed by atoms with Crippen LogP contribution in [0.15, 0.2) is 48.0 Å². The summed E-state index contributed by atoms with van der Waals surface area (Å²) in [6.07, 6.45) is 5.25. The van der Waals surface area contributed by atoms with Gasteiger partial charge in [-0.2, -0.15) is 0 Å². The zero-order chi connectivity index (χ0) is 19.5. The summed E-state index contributed by atoms with van der Waals surface area (Å²) in [5.41, 5.74) is 1.43. The van der Waals surface area contributed by atoms with Crippen molar-refractivity contribution < 1.29 is 0 Å². The third-order valence-corrected chi connectivity index (χ3v) is 5.26. The second-order valence-electron chi connectivity index (χ2n) is 7.40. The molecule has 5 nitrogen and oxygen atoms in total. The van der Waals surface area contributed by atoms with Crippen LogP contribution in [0.1, 0.15) is 30.9 Å². The molecule has 1 heterocycles. The normalized spacial score (nSPS) is 19.1. The van der Waals surface area contributed by atoms with Gasteiger partial charge < -0.3 is 15.1 Å². The predicted molar refractivity (Wildman–Crippen MR) is 116 cm³/mol. The number of hydrogen-bond donors (Lipinski definition) is 1. The fourth-order valence-corrected chi connectivity index (χ4v) is 3.66. The molecule has 0 aliphatic carbocycles. The van der Waals surface area contributed by atoms with Gasteiger partial charge in [0.1, 0.15) is 0 Å². The molecule has 1 aliphatic heterocycles. The van der Waals surface area contributed by atoms with E-state index in [2.05, 4.69) is 76.0 Å². The highest BCUT2D eigenvalue weighted by molar-refractivity contribution is 5.79. The van der Waals surface area contributed by atoms with Crippen molar-refractivity contribution in [1.29, 1.82) is 0 Å². The summed E-state index contributed by atoms with van der Waals surface area (Å²) in [5, 5.41) is 3.51. The summed E-state index contributed by atoms with van der Waals surface area (Å²) >= 11 is 0. The van der Waals surface area contributed by atoms with Crippen LogP contribution in [0.2, 0.25) is 0 Å². The Bertz CT molecular complexity index is 571. The Labute approximate surface area is 165 Å². The molecule has 1 unspecified atom stereocenters. The smallest absolute Gasteiger partial charge is 0.193 e. The molecule has 0 amide bonds. The molecule has 0 radical (unpaired) electrons. The number of likely N-dealkylation sites (N-methyl/N-ethyl adjacent to an activating group) is 1. The van der Waals surface area contributed by atoms with Gasteiger partial charge in [-0.05, 0) is 31.9 Å². The number of nitrogens with zero attached hydrogens (tertiary/aromatic N) is 4. The first kappa shape index (κ1) is 21.5. The minimum atomic E-state index is 0.492. The summed E-state index contributed by atoms with van der Waals surface area (Å²) in [4.78, 5) is 11.7. The van der Waals surface area contributed by atoms with Crippen LogP contribution < -0.4 is 5.32 Å². The fraction of sp³-hybridized carbons (Fsp3) is 0.591. The van der Waals surface area contributed by atoms with E-state index in [-0.39, 0.29) is 0 Å². The lowest BCUT2D eigenvalue weighted by molar-refractivity contribution is 0.0891. The average molecular weight is 372 g/mol. The zero-order valence-corrected chi connectivity index (χ0v) is 17.4. The Hall–Kier alpha value is -1.85. The maximum absolute atomic E-state index is 4.41. The van der Waals surface area contributed by atoms with Crippen LogP contribution in [-0.2, 0) is 0 Å². The van der Waals surface area contributed by atoms with Crippen LogP contribution in [0.25, 0.3) is 0 Å². The molecule has 0 bridgehead atoms. The topological polar surface area (TPSA) is 34.1 Å². The van der Waals surface area contributed by atoms with Gasteiger partial charge >= 0.3 is 0 Å². The van der Waals surface area contributed by atoms with Crippen molar-refractivity contribution in [3.05, 3.63) is 48.6 Å². The summed E-state index contributed by atoms with van der Waals surface area (Å²) in [6, 6.07) is 11.4. The molecule has 0 spiro atoms. The van der Waals surface area contributed by atoms with Crippen LogP contribution in [0.4, 0.5) is 0 Å². The first-order valence-corrected chi connectivity index (χ1v) is 10.2. The van der Waals surface area contributed by atoms with E-state index in [0.29, 0.717) is 6.04 Å². The third-order valence-electron chi connectivity index (χ3n) is 5.26. The Morgan fingerprint density at radius 1 is 1.30 bits per heavy atom. The maximum atomic E-state index is 4.41. The van der Waals surface area contributed by atoms with E-state index in [1.54, 1.807) is 0 Å². The number of unbranched alkanes of at least 4 members (excludes halogenated alkanes) is 1. The average Bonchev–Trinajstić information content (AvgIpc) is 2.69. The lowest BCUT2D eigenvalue weighted by atomic mass is 10.0. The SMILES string of the molecule is C=CCCCN(C)C(=NC)NCCCN1CCN(C)CC1c1ccccc1. The highest BCUT2D eigenvalue weighted by atomic mass is 15.3. The highest BCUT2D eigenvalue weighted by Crippen LogP contribution is 2.24. The summed E-state index contributed by atoms with van der Waals surface area (Å²) in [6.45, 7) is 10.2. The molecule has 1 aromatic rings. The van der Waals surface area contributed by atoms with Gasteiger partial charge in [0.05, 0.1) is 0 Å². The van der Waals surface area contributed by atoms with Crippen molar-refractivity contribution in [3.63, 3.8) is 0 Å². The maximum Gasteiger partial charge on any atom is 0.193 e. The lowest BCUT2D eigenvalue weighted by Crippen LogP contribution is -2.47. The Kier molecular flexibility index (Phi) is 9.36. The number of guanidine groups is 1. The zero-order valence-electron chi connectivity index (χ0n) is 17.4. The summed E-state index contributed by atoms with van der Waals surface area (Å²) in [5.74, 6) is 0.983. The predicted octanol–water partition coefficient (Wildman–Crippen LogP) is 2.84. The number of nitrogens with one attached hydrogen (secondary N) is 1. The molecule has 1 aliphatic rings. The number of hydrogen-bond acceptors (Lipinski definition) is 3. The van der Waals surface area contributed by atoms with Crippen molar-refractivity contribution in [3.8, 4) is 0 Å². The van der Waals surface area contributed by atoms with Crippen molar-refractivity contribution in [2.75, 3.05) is 60.4 Å². The van der Waals surface area contributed by atoms with Crippen LogP contribution >= 0.6 is 0 Å². The van der Waals surface area contributed by atoms with E-state index < -0.39 is 0 Å². The number of benzene rings is 1. The van der Waals surface area contributed by atoms with Gasteiger partial charge in [0.2, 0.25) is 0 Å². The standard InChI is InChI=1S/C22H37N5/c1-5-6-10-15-26(4)22(23-2)24-14-11-16-27-18-17-25(3)19-21(27)20-12-8-7-9-13-20/h5,7-9,12-13,21H,1,6,10-11,14-19H2,2-4H3,(H,23,24). The van der Waals surface area contributed by atoms with Gasteiger partial charge in [0.15, 0.2) is 5.96 Å². The van der Waals surface area contributed by atoms with Crippen LogP contribution in [0, 0.1) is 0 Å².